The van der Waals surface area contributed by atoms with Crippen molar-refractivity contribution in [1.82, 2.24) is 10.5 Å². The highest BCUT2D eigenvalue weighted by molar-refractivity contribution is 5.75. The van der Waals surface area contributed by atoms with E-state index >= 15 is 0 Å². The molecule has 102 valence electrons. The molecular weight excluding hydrogens is 230 g/mol. The molecule has 0 bridgehead atoms. The molecule has 0 saturated carbocycles. The zero-order chi connectivity index (χ0) is 13.4. The molecule has 0 aliphatic heterocycles. The number of amides is 1. The summed E-state index contributed by atoms with van der Waals surface area (Å²) in [5.41, 5.74) is 7.23. The molecule has 1 heterocycles. The largest absolute Gasteiger partial charge is 0.361 e. The Bertz CT molecular complexity index is 355. The lowest BCUT2D eigenvalue weighted by atomic mass is 10.1. The summed E-state index contributed by atoms with van der Waals surface area (Å²) in [6, 6.07) is 0. The molecule has 0 saturated heterocycles. The second-order valence-electron chi connectivity index (χ2n) is 4.53. The third-order valence-corrected chi connectivity index (χ3v) is 3.00. The summed E-state index contributed by atoms with van der Waals surface area (Å²) in [5.74, 6) is 0.860. The summed E-state index contributed by atoms with van der Waals surface area (Å²) >= 11 is 0. The molecule has 5 nitrogen and oxygen atoms in total. The molecule has 1 aromatic heterocycles. The lowest BCUT2D eigenvalue weighted by molar-refractivity contribution is -0.121. The van der Waals surface area contributed by atoms with Gasteiger partial charge in [-0.05, 0) is 33.2 Å². The standard InChI is InChI=1S/C13H23N3O2/c1-10-12(11(2)18-16-10)9-15-13(17)7-5-3-4-6-8-14/h3-9,14H2,1-2H3,(H,15,17). The van der Waals surface area contributed by atoms with Crippen LogP contribution in [0, 0.1) is 13.8 Å². The molecule has 5 heteroatoms. The predicted molar refractivity (Wildman–Crippen MR) is 70.0 cm³/mol. The number of nitrogens with two attached hydrogens (primary N) is 1. The lowest BCUT2D eigenvalue weighted by Gasteiger charge is -2.04. The van der Waals surface area contributed by atoms with Crippen LogP contribution in [0.3, 0.4) is 0 Å². The molecule has 3 N–H and O–H groups in total. The van der Waals surface area contributed by atoms with Crippen molar-refractivity contribution in [1.29, 1.82) is 0 Å². The summed E-state index contributed by atoms with van der Waals surface area (Å²) in [7, 11) is 0. The van der Waals surface area contributed by atoms with Gasteiger partial charge in [0, 0.05) is 18.5 Å². The van der Waals surface area contributed by atoms with Gasteiger partial charge < -0.3 is 15.6 Å². The topological polar surface area (TPSA) is 81.2 Å². The molecule has 0 aromatic carbocycles. The van der Waals surface area contributed by atoms with Crippen LogP contribution >= 0.6 is 0 Å². The number of nitrogens with zero attached hydrogens (tertiary/aromatic N) is 1. The van der Waals surface area contributed by atoms with Gasteiger partial charge >= 0.3 is 0 Å². The second kappa shape index (κ2) is 7.87. The van der Waals surface area contributed by atoms with E-state index in [1.165, 1.54) is 0 Å². The Morgan fingerprint density at radius 1 is 1.28 bits per heavy atom. The number of hydrogen-bond acceptors (Lipinski definition) is 4. The second-order valence-corrected chi connectivity index (χ2v) is 4.53. The number of hydrogen-bond donors (Lipinski definition) is 2. The molecule has 0 unspecified atom stereocenters. The molecule has 1 aromatic rings. The smallest absolute Gasteiger partial charge is 0.220 e. The Kier molecular flexibility index (Phi) is 6.43. The highest BCUT2D eigenvalue weighted by Gasteiger charge is 2.09. The van der Waals surface area contributed by atoms with Crippen molar-refractivity contribution in [2.75, 3.05) is 6.54 Å². The molecule has 0 aliphatic carbocycles. The first-order chi connectivity index (χ1) is 8.65. The number of unbranched alkanes of at least 4 members (excludes halogenated alkanes) is 3. The average Bonchev–Trinajstić information content (AvgIpc) is 2.66. The van der Waals surface area contributed by atoms with E-state index in [-0.39, 0.29) is 5.91 Å². The van der Waals surface area contributed by atoms with E-state index in [1.807, 2.05) is 13.8 Å². The zero-order valence-corrected chi connectivity index (χ0v) is 11.3. The summed E-state index contributed by atoms with van der Waals surface area (Å²) in [6.07, 6.45) is 4.71. The summed E-state index contributed by atoms with van der Waals surface area (Å²) in [5, 5.41) is 6.75. The van der Waals surface area contributed by atoms with Crippen molar-refractivity contribution in [2.45, 2.75) is 52.5 Å². The number of carbonyl (C=O) groups is 1. The van der Waals surface area contributed by atoms with Gasteiger partial charge in [-0.25, -0.2) is 0 Å². The minimum Gasteiger partial charge on any atom is -0.361 e. The van der Waals surface area contributed by atoms with E-state index in [4.69, 9.17) is 10.3 Å². The highest BCUT2D eigenvalue weighted by atomic mass is 16.5. The maximum atomic E-state index is 11.6. The van der Waals surface area contributed by atoms with Crippen molar-refractivity contribution in [3.05, 3.63) is 17.0 Å². The quantitative estimate of drug-likeness (QED) is 0.692. The van der Waals surface area contributed by atoms with Crippen molar-refractivity contribution in [2.24, 2.45) is 5.73 Å². The Morgan fingerprint density at radius 3 is 2.61 bits per heavy atom. The lowest BCUT2D eigenvalue weighted by Crippen LogP contribution is -2.22. The van der Waals surface area contributed by atoms with E-state index in [2.05, 4.69) is 10.5 Å². The molecule has 0 fully saturated rings. The maximum absolute atomic E-state index is 11.6. The number of nitrogens with one attached hydrogen (secondary N) is 1. The van der Waals surface area contributed by atoms with Crippen molar-refractivity contribution < 1.29 is 9.32 Å². The van der Waals surface area contributed by atoms with Gasteiger partial charge in [-0.2, -0.15) is 0 Å². The third kappa shape index (κ3) is 4.87. The zero-order valence-electron chi connectivity index (χ0n) is 11.3. The number of aromatic nitrogens is 1. The van der Waals surface area contributed by atoms with Crippen LogP contribution in [0.2, 0.25) is 0 Å². The van der Waals surface area contributed by atoms with Crippen LogP contribution in [0.4, 0.5) is 0 Å². The van der Waals surface area contributed by atoms with Gasteiger partial charge in [-0.3, -0.25) is 4.79 Å². The first kappa shape index (κ1) is 14.7. The fourth-order valence-corrected chi connectivity index (χ4v) is 1.81. The molecule has 18 heavy (non-hydrogen) atoms. The fourth-order valence-electron chi connectivity index (χ4n) is 1.81. The van der Waals surface area contributed by atoms with E-state index in [1.54, 1.807) is 0 Å². The number of rotatable bonds is 8. The Balaban J connectivity index is 2.17. The van der Waals surface area contributed by atoms with Gasteiger partial charge in [0.2, 0.25) is 5.91 Å². The summed E-state index contributed by atoms with van der Waals surface area (Å²) < 4.78 is 5.04. The molecular formula is C13H23N3O2. The van der Waals surface area contributed by atoms with Crippen LogP contribution in [-0.2, 0) is 11.3 Å². The monoisotopic (exact) mass is 253 g/mol. The predicted octanol–water partition coefficient (Wildman–Crippen LogP) is 1.82. The van der Waals surface area contributed by atoms with Crippen LogP contribution < -0.4 is 11.1 Å². The van der Waals surface area contributed by atoms with Crippen LogP contribution in [0.5, 0.6) is 0 Å². The van der Waals surface area contributed by atoms with Gasteiger partial charge in [0.1, 0.15) is 5.76 Å². The molecule has 1 rings (SSSR count). The Labute approximate surface area is 108 Å². The molecule has 1 amide bonds. The van der Waals surface area contributed by atoms with Crippen molar-refractivity contribution >= 4 is 5.91 Å². The van der Waals surface area contributed by atoms with Crippen LogP contribution in [0.25, 0.3) is 0 Å². The third-order valence-electron chi connectivity index (χ3n) is 3.00. The van der Waals surface area contributed by atoms with E-state index in [0.29, 0.717) is 13.0 Å². The van der Waals surface area contributed by atoms with E-state index < -0.39 is 0 Å². The molecule has 0 atom stereocenters. The van der Waals surface area contributed by atoms with Crippen molar-refractivity contribution in [3.8, 4) is 0 Å². The summed E-state index contributed by atoms with van der Waals surface area (Å²) in [4.78, 5) is 11.6. The Hall–Kier alpha value is -1.36. The van der Waals surface area contributed by atoms with Gasteiger partial charge in [0.05, 0.1) is 5.69 Å². The minimum atomic E-state index is 0.0859. The normalized spacial score (nSPS) is 10.6. The Morgan fingerprint density at radius 2 is 2.00 bits per heavy atom. The fraction of sp³-hybridized carbons (Fsp3) is 0.692. The van der Waals surface area contributed by atoms with Gasteiger partial charge in [-0.1, -0.05) is 18.0 Å². The van der Waals surface area contributed by atoms with Crippen LogP contribution in [0.1, 0.15) is 49.1 Å². The number of aryl methyl sites for hydroxylation is 2. The maximum Gasteiger partial charge on any atom is 0.220 e. The average molecular weight is 253 g/mol. The summed E-state index contributed by atoms with van der Waals surface area (Å²) in [6.45, 7) is 4.97. The first-order valence-corrected chi connectivity index (χ1v) is 6.53. The van der Waals surface area contributed by atoms with E-state index in [9.17, 15) is 4.79 Å². The van der Waals surface area contributed by atoms with Gasteiger partial charge in [0.15, 0.2) is 0 Å². The van der Waals surface area contributed by atoms with Crippen LogP contribution in [0.15, 0.2) is 4.52 Å². The van der Waals surface area contributed by atoms with Gasteiger partial charge in [0.25, 0.3) is 0 Å². The minimum absolute atomic E-state index is 0.0859. The van der Waals surface area contributed by atoms with Crippen LogP contribution in [-0.4, -0.2) is 17.6 Å². The molecule has 0 aliphatic rings. The van der Waals surface area contributed by atoms with Crippen molar-refractivity contribution in [3.63, 3.8) is 0 Å². The number of carbonyl (C=O) groups excluding carboxylic acids is 1. The highest BCUT2D eigenvalue weighted by Crippen LogP contribution is 2.11. The molecule has 0 radical (unpaired) electrons. The van der Waals surface area contributed by atoms with Gasteiger partial charge in [-0.15, -0.1) is 0 Å². The van der Waals surface area contributed by atoms with E-state index in [0.717, 1.165) is 49.2 Å². The first-order valence-electron chi connectivity index (χ1n) is 6.53. The SMILES string of the molecule is Cc1noc(C)c1CNC(=O)CCCCCCN. The molecule has 0 spiro atoms.